The van der Waals surface area contributed by atoms with Gasteiger partial charge in [0.1, 0.15) is 17.5 Å². The minimum Gasteiger partial charge on any atom is -0.488 e. The Morgan fingerprint density at radius 1 is 1.25 bits per heavy atom. The summed E-state index contributed by atoms with van der Waals surface area (Å²) in [6.45, 7) is 0.958. The SMILES string of the molecule is O=C(O)c1cnc(C(=O)N2CCC(Oc3cccc(Cl)c3)C2)cn1. The Hall–Kier alpha value is -2.67. The molecule has 1 N–H and O–H groups in total. The van der Waals surface area contributed by atoms with Crippen LogP contribution in [0.3, 0.4) is 0 Å². The van der Waals surface area contributed by atoms with Gasteiger partial charge in [-0.05, 0) is 18.2 Å². The maximum Gasteiger partial charge on any atom is 0.356 e. The molecule has 7 nitrogen and oxygen atoms in total. The van der Waals surface area contributed by atoms with E-state index in [1.54, 1.807) is 23.1 Å². The van der Waals surface area contributed by atoms with Gasteiger partial charge in [-0.1, -0.05) is 17.7 Å². The molecule has 1 aliphatic rings. The summed E-state index contributed by atoms with van der Waals surface area (Å²) in [6.07, 6.45) is 2.82. The number of benzene rings is 1. The zero-order chi connectivity index (χ0) is 17.1. The van der Waals surface area contributed by atoms with Gasteiger partial charge in [0, 0.05) is 18.0 Å². The zero-order valence-corrected chi connectivity index (χ0v) is 13.3. The van der Waals surface area contributed by atoms with E-state index < -0.39 is 5.97 Å². The van der Waals surface area contributed by atoms with Gasteiger partial charge in [-0.2, -0.15) is 0 Å². The van der Waals surface area contributed by atoms with Crippen molar-refractivity contribution in [2.45, 2.75) is 12.5 Å². The molecule has 24 heavy (non-hydrogen) atoms. The molecule has 1 unspecified atom stereocenters. The van der Waals surface area contributed by atoms with Crippen LogP contribution >= 0.6 is 11.6 Å². The second-order valence-electron chi connectivity index (χ2n) is 5.33. The Morgan fingerprint density at radius 2 is 2.00 bits per heavy atom. The summed E-state index contributed by atoms with van der Waals surface area (Å²) >= 11 is 5.92. The third kappa shape index (κ3) is 3.62. The molecule has 2 aromatic rings. The number of nitrogens with zero attached hydrogens (tertiary/aromatic N) is 3. The van der Waals surface area contributed by atoms with Crippen molar-refractivity contribution in [3.63, 3.8) is 0 Å². The highest BCUT2D eigenvalue weighted by Gasteiger charge is 2.29. The molecule has 1 fully saturated rings. The van der Waals surface area contributed by atoms with Crippen molar-refractivity contribution < 1.29 is 19.4 Å². The van der Waals surface area contributed by atoms with Gasteiger partial charge in [0.2, 0.25) is 0 Å². The van der Waals surface area contributed by atoms with Crippen LogP contribution in [-0.4, -0.2) is 51.0 Å². The van der Waals surface area contributed by atoms with Gasteiger partial charge >= 0.3 is 5.97 Å². The van der Waals surface area contributed by atoms with Crippen molar-refractivity contribution >= 4 is 23.5 Å². The lowest BCUT2D eigenvalue weighted by atomic mass is 10.3. The lowest BCUT2D eigenvalue weighted by Crippen LogP contribution is -2.31. The lowest BCUT2D eigenvalue weighted by molar-refractivity contribution is 0.0686. The van der Waals surface area contributed by atoms with Gasteiger partial charge in [-0.15, -0.1) is 0 Å². The van der Waals surface area contributed by atoms with Crippen LogP contribution in [0.15, 0.2) is 36.7 Å². The fourth-order valence-electron chi connectivity index (χ4n) is 2.45. The number of aromatic carboxylic acids is 1. The molecule has 1 aromatic heterocycles. The van der Waals surface area contributed by atoms with E-state index in [1.807, 2.05) is 6.07 Å². The summed E-state index contributed by atoms with van der Waals surface area (Å²) in [7, 11) is 0. The molecule has 0 saturated carbocycles. The Morgan fingerprint density at radius 3 is 2.67 bits per heavy atom. The first-order chi connectivity index (χ1) is 11.5. The summed E-state index contributed by atoms with van der Waals surface area (Å²) in [4.78, 5) is 32.3. The van der Waals surface area contributed by atoms with E-state index in [-0.39, 0.29) is 23.4 Å². The normalized spacial score (nSPS) is 16.9. The molecule has 1 atom stereocenters. The Labute approximate surface area is 142 Å². The number of amides is 1. The summed E-state index contributed by atoms with van der Waals surface area (Å²) in [5, 5.41) is 9.39. The number of hydrogen-bond acceptors (Lipinski definition) is 5. The summed E-state index contributed by atoms with van der Waals surface area (Å²) in [5.74, 6) is -0.818. The van der Waals surface area contributed by atoms with Crippen LogP contribution < -0.4 is 4.74 Å². The molecule has 0 radical (unpaired) electrons. The number of halogens is 1. The minimum atomic E-state index is -1.18. The van der Waals surface area contributed by atoms with E-state index in [2.05, 4.69) is 9.97 Å². The smallest absolute Gasteiger partial charge is 0.356 e. The highest BCUT2D eigenvalue weighted by atomic mass is 35.5. The van der Waals surface area contributed by atoms with Crippen LogP contribution in [0.1, 0.15) is 27.4 Å². The number of rotatable bonds is 4. The van der Waals surface area contributed by atoms with Crippen molar-refractivity contribution in [2.24, 2.45) is 0 Å². The third-order valence-corrected chi connectivity index (χ3v) is 3.86. The standard InChI is InChI=1S/C16H14ClN3O4/c17-10-2-1-3-11(6-10)24-12-4-5-20(9-12)15(21)13-7-19-14(8-18-13)16(22)23/h1-3,6-8,12H,4-5,9H2,(H,22,23). The molecule has 1 saturated heterocycles. The molecule has 0 bridgehead atoms. The minimum absolute atomic E-state index is 0.114. The average Bonchev–Trinajstić information content (AvgIpc) is 3.02. The molecular weight excluding hydrogens is 334 g/mol. The number of hydrogen-bond donors (Lipinski definition) is 1. The molecule has 8 heteroatoms. The van der Waals surface area contributed by atoms with Crippen molar-refractivity contribution in [1.29, 1.82) is 0 Å². The van der Waals surface area contributed by atoms with E-state index in [0.29, 0.717) is 30.3 Å². The van der Waals surface area contributed by atoms with E-state index in [9.17, 15) is 9.59 Å². The second kappa shape index (κ2) is 6.84. The van der Waals surface area contributed by atoms with Gasteiger partial charge in [-0.25, -0.2) is 14.8 Å². The summed E-state index contributed by atoms with van der Waals surface area (Å²) in [5.41, 5.74) is -0.0847. The van der Waals surface area contributed by atoms with Crippen LogP contribution in [-0.2, 0) is 0 Å². The van der Waals surface area contributed by atoms with Crippen molar-refractivity contribution in [2.75, 3.05) is 13.1 Å². The van der Waals surface area contributed by atoms with Crippen molar-refractivity contribution in [1.82, 2.24) is 14.9 Å². The second-order valence-corrected chi connectivity index (χ2v) is 5.77. The highest BCUT2D eigenvalue weighted by molar-refractivity contribution is 6.30. The molecule has 1 amide bonds. The first kappa shape index (κ1) is 16.2. The van der Waals surface area contributed by atoms with Crippen LogP contribution in [0.25, 0.3) is 0 Å². The molecule has 2 heterocycles. The quantitative estimate of drug-likeness (QED) is 0.910. The largest absolute Gasteiger partial charge is 0.488 e. The van der Waals surface area contributed by atoms with Gasteiger partial charge in [0.25, 0.3) is 5.91 Å². The van der Waals surface area contributed by atoms with Crippen LogP contribution in [0.4, 0.5) is 0 Å². The first-order valence-corrected chi connectivity index (χ1v) is 7.67. The first-order valence-electron chi connectivity index (χ1n) is 7.30. The lowest BCUT2D eigenvalue weighted by Gasteiger charge is -2.17. The average molecular weight is 348 g/mol. The van der Waals surface area contributed by atoms with Gasteiger partial charge in [-0.3, -0.25) is 4.79 Å². The number of carboxylic acid groups (broad SMARTS) is 1. The van der Waals surface area contributed by atoms with Crippen LogP contribution in [0.2, 0.25) is 5.02 Å². The van der Waals surface area contributed by atoms with Gasteiger partial charge < -0.3 is 14.7 Å². The van der Waals surface area contributed by atoms with Gasteiger partial charge in [0.15, 0.2) is 5.69 Å². The maximum atomic E-state index is 12.4. The van der Waals surface area contributed by atoms with E-state index >= 15 is 0 Å². The molecular formula is C16H14ClN3O4. The Kier molecular flexibility index (Phi) is 4.61. The number of ether oxygens (including phenoxy) is 1. The number of carbonyl (C=O) groups excluding carboxylic acids is 1. The zero-order valence-electron chi connectivity index (χ0n) is 12.6. The van der Waals surface area contributed by atoms with Crippen molar-refractivity contribution in [3.05, 3.63) is 53.1 Å². The molecule has 0 spiro atoms. The Balaban J connectivity index is 1.62. The van der Waals surface area contributed by atoms with E-state index in [1.165, 1.54) is 6.20 Å². The van der Waals surface area contributed by atoms with Crippen LogP contribution in [0, 0.1) is 0 Å². The third-order valence-electron chi connectivity index (χ3n) is 3.62. The highest BCUT2D eigenvalue weighted by Crippen LogP contribution is 2.22. The monoisotopic (exact) mass is 347 g/mol. The van der Waals surface area contributed by atoms with Crippen LogP contribution in [0.5, 0.6) is 5.75 Å². The number of carbonyl (C=O) groups is 2. The fourth-order valence-corrected chi connectivity index (χ4v) is 2.63. The molecule has 124 valence electrons. The molecule has 1 aromatic carbocycles. The number of carboxylic acids is 1. The number of aromatic nitrogens is 2. The van der Waals surface area contributed by atoms with Gasteiger partial charge in [0.05, 0.1) is 18.9 Å². The summed E-state index contributed by atoms with van der Waals surface area (Å²) in [6, 6.07) is 7.10. The van der Waals surface area contributed by atoms with E-state index in [4.69, 9.17) is 21.4 Å². The Bertz CT molecular complexity index is 766. The predicted octanol–water partition coefficient (Wildman–Crippen LogP) is 2.12. The topological polar surface area (TPSA) is 92.6 Å². The predicted molar refractivity (Wildman–Crippen MR) is 85.4 cm³/mol. The molecule has 3 rings (SSSR count). The molecule has 0 aliphatic carbocycles. The maximum absolute atomic E-state index is 12.4. The fraction of sp³-hybridized carbons (Fsp3) is 0.250. The van der Waals surface area contributed by atoms with Crippen molar-refractivity contribution in [3.8, 4) is 5.75 Å². The molecule has 1 aliphatic heterocycles. The number of likely N-dealkylation sites (tertiary alicyclic amines) is 1. The summed E-state index contributed by atoms with van der Waals surface area (Å²) < 4.78 is 5.83. The van der Waals surface area contributed by atoms with E-state index in [0.717, 1.165) is 6.20 Å².